The Hall–Kier alpha value is -2.56. The maximum Gasteiger partial charge on any atom is 0.409 e. The van der Waals surface area contributed by atoms with Crippen molar-refractivity contribution in [3.05, 3.63) is 42.2 Å². The van der Waals surface area contributed by atoms with Gasteiger partial charge in [-0.05, 0) is 36.4 Å². The van der Waals surface area contributed by atoms with Gasteiger partial charge in [-0.1, -0.05) is 0 Å². The predicted octanol–water partition coefficient (Wildman–Crippen LogP) is 2.54. The summed E-state index contributed by atoms with van der Waals surface area (Å²) in [4.78, 5) is 20.9. The van der Waals surface area contributed by atoms with E-state index in [4.69, 9.17) is 14.9 Å². The fourth-order valence-electron chi connectivity index (χ4n) is 1.67. The van der Waals surface area contributed by atoms with E-state index in [0.29, 0.717) is 24.4 Å². The van der Waals surface area contributed by atoms with Crippen molar-refractivity contribution in [1.29, 1.82) is 0 Å². The fraction of sp³-hybridized carbons (Fsp3) is 0.143. The lowest BCUT2D eigenvalue weighted by molar-refractivity contribution is -0.107. The number of furan rings is 1. The highest BCUT2D eigenvalue weighted by atomic mass is 16.5. The van der Waals surface area contributed by atoms with Crippen molar-refractivity contribution < 1.29 is 18.7 Å². The molecule has 0 saturated heterocycles. The van der Waals surface area contributed by atoms with Gasteiger partial charge >= 0.3 is 6.09 Å². The number of carbonyl (C=O) groups is 2. The molecule has 1 aromatic heterocycles. The molecule has 0 bridgehead atoms. The first kappa shape index (κ1) is 12.9. The van der Waals surface area contributed by atoms with Crippen LogP contribution in [0.2, 0.25) is 0 Å². The van der Waals surface area contributed by atoms with E-state index in [1.165, 1.54) is 0 Å². The van der Waals surface area contributed by atoms with Crippen LogP contribution in [0, 0.1) is 0 Å². The Balaban J connectivity index is 2.10. The maximum absolute atomic E-state index is 10.6. The summed E-state index contributed by atoms with van der Waals surface area (Å²) in [7, 11) is 0. The number of aldehydes is 1. The highest BCUT2D eigenvalue weighted by Gasteiger charge is 2.05. The van der Waals surface area contributed by atoms with Crippen LogP contribution in [-0.2, 0) is 11.2 Å². The second kappa shape index (κ2) is 5.86. The van der Waals surface area contributed by atoms with Gasteiger partial charge in [0, 0.05) is 18.4 Å². The second-order valence-electron chi connectivity index (χ2n) is 3.92. The lowest BCUT2D eigenvalue weighted by Crippen LogP contribution is -2.16. The topological polar surface area (TPSA) is 82.5 Å². The van der Waals surface area contributed by atoms with E-state index in [1.54, 1.807) is 24.3 Å². The molecular weight excluding hydrogens is 246 g/mol. The minimum atomic E-state index is -0.845. The summed E-state index contributed by atoms with van der Waals surface area (Å²) in [5.74, 6) is 1.84. The molecule has 19 heavy (non-hydrogen) atoms. The smallest absolute Gasteiger partial charge is 0.409 e. The Morgan fingerprint density at radius 2 is 1.95 bits per heavy atom. The molecule has 0 atom stereocenters. The molecule has 0 saturated carbocycles. The lowest BCUT2D eigenvalue weighted by Gasteiger charge is -2.01. The number of ether oxygens (including phenoxy) is 1. The molecule has 1 aromatic carbocycles. The van der Waals surface area contributed by atoms with Crippen molar-refractivity contribution in [2.75, 3.05) is 0 Å². The van der Waals surface area contributed by atoms with Crippen molar-refractivity contribution >= 4 is 12.4 Å². The van der Waals surface area contributed by atoms with Crippen LogP contribution < -0.4 is 10.5 Å². The van der Waals surface area contributed by atoms with Crippen LogP contribution in [0.3, 0.4) is 0 Å². The van der Waals surface area contributed by atoms with Crippen molar-refractivity contribution in [2.45, 2.75) is 12.8 Å². The first-order chi connectivity index (χ1) is 9.19. The van der Waals surface area contributed by atoms with Gasteiger partial charge < -0.3 is 19.7 Å². The third-order valence-corrected chi connectivity index (χ3v) is 2.53. The van der Waals surface area contributed by atoms with Crippen molar-refractivity contribution in [1.82, 2.24) is 0 Å². The van der Waals surface area contributed by atoms with Crippen LogP contribution in [0.4, 0.5) is 4.79 Å². The number of carbonyl (C=O) groups excluding carboxylic acids is 2. The normalized spacial score (nSPS) is 10.1. The average molecular weight is 259 g/mol. The monoisotopic (exact) mass is 259 g/mol. The fourth-order valence-corrected chi connectivity index (χ4v) is 1.67. The summed E-state index contributed by atoms with van der Waals surface area (Å²) in [6, 6.07) is 10.5. The van der Waals surface area contributed by atoms with Crippen molar-refractivity contribution in [2.24, 2.45) is 5.73 Å². The zero-order valence-corrected chi connectivity index (χ0v) is 10.2. The third kappa shape index (κ3) is 3.45. The Bertz CT molecular complexity index is 571. The average Bonchev–Trinajstić information content (AvgIpc) is 2.85. The minimum absolute atomic E-state index is 0.379. The quantitative estimate of drug-likeness (QED) is 0.836. The van der Waals surface area contributed by atoms with Crippen LogP contribution in [-0.4, -0.2) is 12.4 Å². The van der Waals surface area contributed by atoms with Crippen LogP contribution in [0.5, 0.6) is 5.75 Å². The Morgan fingerprint density at radius 3 is 2.58 bits per heavy atom. The highest BCUT2D eigenvalue weighted by Crippen LogP contribution is 2.24. The Kier molecular flexibility index (Phi) is 3.97. The Morgan fingerprint density at radius 1 is 1.21 bits per heavy atom. The van der Waals surface area contributed by atoms with Gasteiger partial charge in [0.15, 0.2) is 0 Å². The zero-order chi connectivity index (χ0) is 13.7. The molecule has 0 radical (unpaired) electrons. The first-order valence-corrected chi connectivity index (χ1v) is 5.79. The molecule has 0 aliphatic carbocycles. The predicted molar refractivity (Wildman–Crippen MR) is 68.7 cm³/mol. The molecule has 98 valence electrons. The van der Waals surface area contributed by atoms with Gasteiger partial charge in [0.2, 0.25) is 0 Å². The summed E-state index contributed by atoms with van der Waals surface area (Å²) in [5, 5.41) is 0. The lowest BCUT2D eigenvalue weighted by atomic mass is 10.2. The van der Waals surface area contributed by atoms with Gasteiger partial charge in [0.25, 0.3) is 0 Å². The van der Waals surface area contributed by atoms with E-state index in [0.717, 1.165) is 17.6 Å². The number of hydrogen-bond acceptors (Lipinski definition) is 4. The summed E-state index contributed by atoms with van der Waals surface area (Å²) in [6.07, 6.45) is 1.05. The molecule has 2 aromatic rings. The van der Waals surface area contributed by atoms with Gasteiger partial charge in [0.05, 0.1) is 0 Å². The third-order valence-electron chi connectivity index (χ3n) is 2.53. The van der Waals surface area contributed by atoms with Gasteiger partial charge in [0.1, 0.15) is 23.6 Å². The van der Waals surface area contributed by atoms with Gasteiger partial charge in [-0.2, -0.15) is 0 Å². The zero-order valence-electron chi connectivity index (χ0n) is 10.2. The molecule has 1 amide bonds. The SMILES string of the molecule is NC(=O)Oc1ccc(-c2ccc(CCC=O)o2)cc1. The highest BCUT2D eigenvalue weighted by molar-refractivity contribution is 5.68. The molecule has 2 rings (SSSR count). The van der Waals surface area contributed by atoms with E-state index in [2.05, 4.69) is 0 Å². The van der Waals surface area contributed by atoms with E-state index >= 15 is 0 Å². The molecule has 0 aliphatic heterocycles. The van der Waals surface area contributed by atoms with E-state index in [9.17, 15) is 9.59 Å². The molecule has 0 spiro atoms. The molecular formula is C14H13NO4. The number of nitrogens with two attached hydrogens (primary N) is 1. The number of benzene rings is 1. The van der Waals surface area contributed by atoms with Crippen LogP contribution in [0.15, 0.2) is 40.8 Å². The standard InChI is InChI=1S/C14H13NO4/c15-14(17)19-12-5-3-10(4-6-12)13-8-7-11(18-13)2-1-9-16/h3-9H,1-2H2,(H2,15,17). The Labute approximate surface area is 110 Å². The number of aryl methyl sites for hydroxylation is 1. The van der Waals surface area contributed by atoms with E-state index < -0.39 is 6.09 Å². The number of amides is 1. The second-order valence-corrected chi connectivity index (χ2v) is 3.92. The molecule has 5 heteroatoms. The molecule has 5 nitrogen and oxygen atoms in total. The van der Waals surface area contributed by atoms with Crippen LogP contribution >= 0.6 is 0 Å². The van der Waals surface area contributed by atoms with E-state index in [-0.39, 0.29) is 0 Å². The molecule has 2 N–H and O–H groups in total. The van der Waals surface area contributed by atoms with Crippen LogP contribution in [0.25, 0.3) is 11.3 Å². The summed E-state index contributed by atoms with van der Waals surface area (Å²) in [6.45, 7) is 0. The maximum atomic E-state index is 10.6. The number of hydrogen-bond donors (Lipinski definition) is 1. The number of primary amides is 1. The van der Waals surface area contributed by atoms with Crippen molar-refractivity contribution in [3.8, 4) is 17.1 Å². The molecule has 0 unspecified atom stereocenters. The summed E-state index contributed by atoms with van der Waals surface area (Å²) in [5.41, 5.74) is 5.77. The van der Waals surface area contributed by atoms with Gasteiger partial charge in [-0.3, -0.25) is 0 Å². The number of rotatable bonds is 5. The van der Waals surface area contributed by atoms with Crippen LogP contribution in [0.1, 0.15) is 12.2 Å². The van der Waals surface area contributed by atoms with Gasteiger partial charge in [-0.15, -0.1) is 0 Å². The molecule has 1 heterocycles. The van der Waals surface area contributed by atoms with Crippen molar-refractivity contribution in [3.63, 3.8) is 0 Å². The largest absolute Gasteiger partial charge is 0.461 e. The first-order valence-electron chi connectivity index (χ1n) is 5.79. The molecule has 0 aliphatic rings. The molecule has 0 fully saturated rings. The minimum Gasteiger partial charge on any atom is -0.461 e. The van der Waals surface area contributed by atoms with E-state index in [1.807, 2.05) is 12.1 Å². The summed E-state index contributed by atoms with van der Waals surface area (Å²) >= 11 is 0. The summed E-state index contributed by atoms with van der Waals surface area (Å²) < 4.78 is 10.3. The van der Waals surface area contributed by atoms with Gasteiger partial charge in [-0.25, -0.2) is 4.79 Å².